The summed E-state index contributed by atoms with van der Waals surface area (Å²) >= 11 is 0. The Kier molecular flexibility index (Phi) is 4.85. The average Bonchev–Trinajstić information content (AvgIpc) is 2.85. The fourth-order valence-corrected chi connectivity index (χ4v) is 3.37. The van der Waals surface area contributed by atoms with Crippen molar-refractivity contribution >= 4 is 17.8 Å². The van der Waals surface area contributed by atoms with E-state index in [9.17, 15) is 19.5 Å². The third kappa shape index (κ3) is 3.36. The third-order valence-corrected chi connectivity index (χ3v) is 4.75. The molecular weight excluding hydrogens is 272 g/mol. The fourth-order valence-electron chi connectivity index (χ4n) is 3.37. The second-order valence-electron chi connectivity index (χ2n) is 6.14. The summed E-state index contributed by atoms with van der Waals surface area (Å²) < 4.78 is 0. The lowest BCUT2D eigenvalue weighted by molar-refractivity contribution is -0.155. The first-order valence-electron chi connectivity index (χ1n) is 7.77. The lowest BCUT2D eigenvalue weighted by Gasteiger charge is -2.39. The number of hydrogen-bond acceptors (Lipinski definition) is 3. The van der Waals surface area contributed by atoms with Crippen LogP contribution in [0, 0.1) is 5.41 Å². The maximum atomic E-state index is 12.2. The van der Waals surface area contributed by atoms with E-state index in [0.29, 0.717) is 45.3 Å². The molecular formula is C15H24N2O4. The highest BCUT2D eigenvalue weighted by molar-refractivity contribution is 5.86. The van der Waals surface area contributed by atoms with Crippen LogP contribution in [0.5, 0.6) is 0 Å². The van der Waals surface area contributed by atoms with Crippen LogP contribution in [-0.2, 0) is 14.4 Å². The van der Waals surface area contributed by atoms with E-state index in [1.807, 2.05) is 6.92 Å². The lowest BCUT2D eigenvalue weighted by atomic mass is 9.75. The molecule has 6 nitrogen and oxygen atoms in total. The molecule has 0 bridgehead atoms. The molecule has 1 N–H and O–H groups in total. The van der Waals surface area contributed by atoms with Crippen LogP contribution in [0.15, 0.2) is 0 Å². The summed E-state index contributed by atoms with van der Waals surface area (Å²) in [5, 5.41) is 9.45. The number of nitrogens with zero attached hydrogens (tertiary/aromatic N) is 2. The van der Waals surface area contributed by atoms with Crippen LogP contribution < -0.4 is 0 Å². The Hall–Kier alpha value is -1.59. The number of carbonyl (C=O) groups excluding carboxylic acids is 2. The van der Waals surface area contributed by atoms with Gasteiger partial charge in [0.2, 0.25) is 11.8 Å². The zero-order valence-electron chi connectivity index (χ0n) is 12.6. The molecule has 0 saturated carbocycles. The maximum Gasteiger partial charge on any atom is 0.309 e. The molecule has 21 heavy (non-hydrogen) atoms. The smallest absolute Gasteiger partial charge is 0.309 e. The van der Waals surface area contributed by atoms with Crippen molar-refractivity contribution in [2.24, 2.45) is 5.41 Å². The number of rotatable bonds is 5. The second kappa shape index (κ2) is 6.45. The van der Waals surface area contributed by atoms with Gasteiger partial charge < -0.3 is 14.9 Å². The van der Waals surface area contributed by atoms with Gasteiger partial charge in [-0.3, -0.25) is 14.4 Å². The molecule has 0 atom stereocenters. The number of carbonyl (C=O) groups is 3. The quantitative estimate of drug-likeness (QED) is 0.824. The molecule has 2 fully saturated rings. The SMILES string of the molecule is CCCC1(C(=O)O)CCN(C(=O)CN2CCCC2=O)CC1. The topological polar surface area (TPSA) is 77.9 Å². The van der Waals surface area contributed by atoms with Gasteiger partial charge in [-0.05, 0) is 25.7 Å². The highest BCUT2D eigenvalue weighted by Crippen LogP contribution is 2.36. The van der Waals surface area contributed by atoms with Gasteiger partial charge in [-0.2, -0.15) is 0 Å². The minimum absolute atomic E-state index is 0.0474. The zero-order chi connectivity index (χ0) is 15.5. The van der Waals surface area contributed by atoms with Crippen molar-refractivity contribution in [2.45, 2.75) is 45.4 Å². The minimum Gasteiger partial charge on any atom is -0.481 e. The average molecular weight is 296 g/mol. The second-order valence-corrected chi connectivity index (χ2v) is 6.14. The standard InChI is InChI=1S/C15H24N2O4/c1-2-5-15(14(20)21)6-9-16(10-7-15)13(19)11-17-8-3-4-12(17)18/h2-11H2,1H3,(H,20,21). The van der Waals surface area contributed by atoms with Gasteiger partial charge in [-0.1, -0.05) is 13.3 Å². The molecule has 0 aromatic carbocycles. The molecule has 0 aromatic rings. The Morgan fingerprint density at radius 1 is 1.24 bits per heavy atom. The van der Waals surface area contributed by atoms with Crippen molar-refractivity contribution in [3.63, 3.8) is 0 Å². The van der Waals surface area contributed by atoms with Crippen molar-refractivity contribution in [1.82, 2.24) is 9.80 Å². The summed E-state index contributed by atoms with van der Waals surface area (Å²) in [6.45, 7) is 3.75. The summed E-state index contributed by atoms with van der Waals surface area (Å²) in [6, 6.07) is 0. The first-order valence-corrected chi connectivity index (χ1v) is 7.77. The molecule has 2 rings (SSSR count). The van der Waals surface area contributed by atoms with E-state index < -0.39 is 11.4 Å². The van der Waals surface area contributed by atoms with Gasteiger partial charge in [-0.25, -0.2) is 0 Å². The van der Waals surface area contributed by atoms with Crippen molar-refractivity contribution in [2.75, 3.05) is 26.2 Å². The first kappa shape index (κ1) is 15.8. The van der Waals surface area contributed by atoms with E-state index in [0.717, 1.165) is 12.8 Å². The van der Waals surface area contributed by atoms with Crippen LogP contribution in [-0.4, -0.2) is 58.9 Å². The number of hydrogen-bond donors (Lipinski definition) is 1. The Morgan fingerprint density at radius 3 is 2.38 bits per heavy atom. The zero-order valence-corrected chi connectivity index (χ0v) is 12.6. The molecule has 0 unspecified atom stereocenters. The van der Waals surface area contributed by atoms with Gasteiger partial charge in [0.05, 0.1) is 12.0 Å². The lowest BCUT2D eigenvalue weighted by Crippen LogP contribution is -2.49. The third-order valence-electron chi connectivity index (χ3n) is 4.75. The van der Waals surface area contributed by atoms with Gasteiger partial charge in [0.15, 0.2) is 0 Å². The summed E-state index contributed by atoms with van der Waals surface area (Å²) in [6.07, 6.45) is 3.87. The summed E-state index contributed by atoms with van der Waals surface area (Å²) in [5.41, 5.74) is -0.672. The van der Waals surface area contributed by atoms with Crippen LogP contribution in [0.1, 0.15) is 45.4 Å². The Balaban J connectivity index is 1.89. The number of likely N-dealkylation sites (tertiary alicyclic amines) is 2. The Bertz CT molecular complexity index is 427. The maximum absolute atomic E-state index is 12.2. The molecule has 2 heterocycles. The molecule has 0 aliphatic carbocycles. The van der Waals surface area contributed by atoms with E-state index >= 15 is 0 Å². The number of aliphatic carboxylic acids is 1. The largest absolute Gasteiger partial charge is 0.481 e. The molecule has 0 aromatic heterocycles. The van der Waals surface area contributed by atoms with Crippen LogP contribution in [0.4, 0.5) is 0 Å². The predicted molar refractivity (Wildman–Crippen MR) is 76.6 cm³/mol. The Labute approximate surface area is 125 Å². The number of carboxylic acids is 1. The van der Waals surface area contributed by atoms with E-state index in [4.69, 9.17) is 0 Å². The first-order chi connectivity index (χ1) is 9.98. The highest BCUT2D eigenvalue weighted by atomic mass is 16.4. The molecule has 118 valence electrons. The van der Waals surface area contributed by atoms with Crippen molar-refractivity contribution < 1.29 is 19.5 Å². The molecule has 2 amide bonds. The van der Waals surface area contributed by atoms with Crippen LogP contribution in [0.25, 0.3) is 0 Å². The van der Waals surface area contributed by atoms with Crippen LogP contribution in [0.2, 0.25) is 0 Å². The molecule has 0 spiro atoms. The monoisotopic (exact) mass is 296 g/mol. The molecule has 2 aliphatic heterocycles. The molecule has 2 saturated heterocycles. The van der Waals surface area contributed by atoms with Crippen LogP contribution in [0.3, 0.4) is 0 Å². The highest BCUT2D eigenvalue weighted by Gasteiger charge is 2.41. The normalized spacial score (nSPS) is 21.7. The van der Waals surface area contributed by atoms with Gasteiger partial charge in [0.1, 0.15) is 0 Å². The summed E-state index contributed by atoms with van der Waals surface area (Å²) in [5.74, 6) is -0.752. The van der Waals surface area contributed by atoms with Crippen molar-refractivity contribution in [3.05, 3.63) is 0 Å². The van der Waals surface area contributed by atoms with Gasteiger partial charge in [0, 0.05) is 26.1 Å². The predicted octanol–water partition coefficient (Wildman–Crippen LogP) is 1.10. The van der Waals surface area contributed by atoms with Crippen molar-refractivity contribution in [1.29, 1.82) is 0 Å². The van der Waals surface area contributed by atoms with E-state index in [1.165, 1.54) is 0 Å². The minimum atomic E-state index is -0.744. The van der Waals surface area contributed by atoms with Gasteiger partial charge >= 0.3 is 5.97 Å². The van der Waals surface area contributed by atoms with Crippen LogP contribution >= 0.6 is 0 Å². The van der Waals surface area contributed by atoms with E-state index in [1.54, 1.807) is 9.80 Å². The Morgan fingerprint density at radius 2 is 1.90 bits per heavy atom. The van der Waals surface area contributed by atoms with Gasteiger partial charge in [-0.15, -0.1) is 0 Å². The molecule has 6 heteroatoms. The van der Waals surface area contributed by atoms with Gasteiger partial charge in [0.25, 0.3) is 0 Å². The van der Waals surface area contributed by atoms with E-state index in [2.05, 4.69) is 0 Å². The fraction of sp³-hybridized carbons (Fsp3) is 0.800. The van der Waals surface area contributed by atoms with E-state index in [-0.39, 0.29) is 18.4 Å². The summed E-state index contributed by atoms with van der Waals surface area (Å²) in [7, 11) is 0. The number of piperidine rings is 1. The molecule has 0 radical (unpaired) electrons. The number of amides is 2. The summed E-state index contributed by atoms with van der Waals surface area (Å²) in [4.78, 5) is 38.6. The van der Waals surface area contributed by atoms with Crippen molar-refractivity contribution in [3.8, 4) is 0 Å². The molecule has 2 aliphatic rings. The number of carboxylic acid groups (broad SMARTS) is 1.